The molecule has 1 heterocycles. The number of nitrogens with zero attached hydrogens (tertiary/aromatic N) is 1. The second kappa shape index (κ2) is 6.23. The van der Waals surface area contributed by atoms with Gasteiger partial charge < -0.3 is 10.2 Å². The molecule has 4 nitrogen and oxygen atoms in total. The van der Waals surface area contributed by atoms with Gasteiger partial charge in [-0.1, -0.05) is 15.9 Å². The second-order valence-corrected chi connectivity index (χ2v) is 5.51. The molecule has 1 aliphatic rings. The Balaban J connectivity index is 2.31. The first-order valence-electron chi connectivity index (χ1n) is 5.73. The number of likely N-dealkylation sites (tertiary alicyclic amines) is 1. The first kappa shape index (κ1) is 13.5. The number of amides is 2. The van der Waals surface area contributed by atoms with E-state index < -0.39 is 0 Å². The summed E-state index contributed by atoms with van der Waals surface area (Å²) in [5, 5.41) is 2.82. The number of carbonyl (C=O) groups excluding carboxylic acids is 2. The minimum absolute atomic E-state index is 0.0134. The summed E-state index contributed by atoms with van der Waals surface area (Å²) in [7, 11) is 0. The third-order valence-corrected chi connectivity index (χ3v) is 3.37. The molecule has 0 aromatic heterocycles. The monoisotopic (exact) mass is 290 g/mol. The van der Waals surface area contributed by atoms with Crippen molar-refractivity contribution in [3.8, 4) is 0 Å². The second-order valence-electron chi connectivity index (χ2n) is 4.41. The predicted molar refractivity (Wildman–Crippen MR) is 66.4 cm³/mol. The molecule has 16 heavy (non-hydrogen) atoms. The first-order valence-corrected chi connectivity index (χ1v) is 6.64. The van der Waals surface area contributed by atoms with E-state index in [0.29, 0.717) is 13.0 Å². The van der Waals surface area contributed by atoms with E-state index in [1.807, 2.05) is 13.8 Å². The van der Waals surface area contributed by atoms with Crippen molar-refractivity contribution in [3.63, 3.8) is 0 Å². The lowest BCUT2D eigenvalue weighted by atomic mass is 10.1. The molecule has 1 fully saturated rings. The van der Waals surface area contributed by atoms with Crippen LogP contribution in [0.2, 0.25) is 0 Å². The van der Waals surface area contributed by atoms with Crippen molar-refractivity contribution < 1.29 is 9.59 Å². The highest BCUT2D eigenvalue weighted by atomic mass is 79.9. The van der Waals surface area contributed by atoms with Crippen LogP contribution < -0.4 is 5.32 Å². The van der Waals surface area contributed by atoms with Crippen LogP contribution in [0.3, 0.4) is 0 Å². The molecule has 1 unspecified atom stereocenters. The SMILES string of the molecule is CC(C)NC(=O)CCN1CCCC(Br)C1=O. The lowest BCUT2D eigenvalue weighted by molar-refractivity contribution is -0.133. The summed E-state index contributed by atoms with van der Waals surface area (Å²) in [5.74, 6) is 0.128. The molecule has 0 radical (unpaired) electrons. The van der Waals surface area contributed by atoms with Crippen molar-refractivity contribution in [1.29, 1.82) is 0 Å². The summed E-state index contributed by atoms with van der Waals surface area (Å²) in [6, 6.07) is 0.161. The number of hydrogen-bond acceptors (Lipinski definition) is 2. The highest BCUT2D eigenvalue weighted by Gasteiger charge is 2.26. The molecule has 92 valence electrons. The Hall–Kier alpha value is -0.580. The lowest BCUT2D eigenvalue weighted by Crippen LogP contribution is -2.43. The molecule has 1 N–H and O–H groups in total. The number of carbonyl (C=O) groups is 2. The zero-order chi connectivity index (χ0) is 12.1. The predicted octanol–water partition coefficient (Wildman–Crippen LogP) is 1.29. The molecule has 1 saturated heterocycles. The number of rotatable bonds is 4. The fraction of sp³-hybridized carbons (Fsp3) is 0.818. The van der Waals surface area contributed by atoms with E-state index in [4.69, 9.17) is 0 Å². The van der Waals surface area contributed by atoms with Crippen LogP contribution in [0.1, 0.15) is 33.1 Å². The Morgan fingerprint density at radius 1 is 1.62 bits per heavy atom. The molecule has 0 bridgehead atoms. The molecule has 5 heteroatoms. The Bertz CT molecular complexity index is 269. The van der Waals surface area contributed by atoms with Crippen LogP contribution in [0, 0.1) is 0 Å². The van der Waals surface area contributed by atoms with Crippen LogP contribution in [0.15, 0.2) is 0 Å². The van der Waals surface area contributed by atoms with Gasteiger partial charge in [0.1, 0.15) is 0 Å². The Morgan fingerprint density at radius 2 is 2.31 bits per heavy atom. The minimum atomic E-state index is -0.0607. The van der Waals surface area contributed by atoms with E-state index in [9.17, 15) is 9.59 Å². The molecule has 2 amide bonds. The van der Waals surface area contributed by atoms with E-state index in [2.05, 4.69) is 21.2 Å². The van der Waals surface area contributed by atoms with Gasteiger partial charge in [0, 0.05) is 25.6 Å². The van der Waals surface area contributed by atoms with Crippen LogP contribution in [0.4, 0.5) is 0 Å². The highest BCUT2D eigenvalue weighted by molar-refractivity contribution is 9.10. The number of hydrogen-bond donors (Lipinski definition) is 1. The van der Waals surface area contributed by atoms with E-state index in [1.54, 1.807) is 4.90 Å². The van der Waals surface area contributed by atoms with Gasteiger partial charge in [0.15, 0.2) is 0 Å². The average molecular weight is 291 g/mol. The Morgan fingerprint density at radius 3 is 2.94 bits per heavy atom. The maximum atomic E-state index is 11.7. The topological polar surface area (TPSA) is 49.4 Å². The fourth-order valence-corrected chi connectivity index (χ4v) is 2.36. The Labute approximate surface area is 105 Å². The van der Waals surface area contributed by atoms with Crippen LogP contribution in [-0.2, 0) is 9.59 Å². The van der Waals surface area contributed by atoms with Crippen molar-refractivity contribution in [2.45, 2.75) is 44.0 Å². The van der Waals surface area contributed by atoms with Crippen LogP contribution in [0.5, 0.6) is 0 Å². The molecular formula is C11H19BrN2O2. The number of alkyl halides is 1. The number of halogens is 1. The lowest BCUT2D eigenvalue weighted by Gasteiger charge is -2.29. The molecule has 0 aliphatic carbocycles. The number of nitrogens with one attached hydrogen (secondary N) is 1. The van der Waals surface area contributed by atoms with Gasteiger partial charge in [-0.15, -0.1) is 0 Å². The summed E-state index contributed by atoms with van der Waals surface area (Å²) >= 11 is 3.35. The summed E-state index contributed by atoms with van der Waals surface area (Å²) in [4.78, 5) is 24.8. The van der Waals surface area contributed by atoms with Gasteiger partial charge in [-0.05, 0) is 26.7 Å². The molecule has 1 atom stereocenters. The highest BCUT2D eigenvalue weighted by Crippen LogP contribution is 2.18. The maximum absolute atomic E-state index is 11.7. The molecule has 0 aromatic rings. The normalized spacial score (nSPS) is 21.4. The van der Waals surface area contributed by atoms with Crippen molar-refractivity contribution in [1.82, 2.24) is 10.2 Å². The molecule has 0 aromatic carbocycles. The third-order valence-electron chi connectivity index (χ3n) is 2.52. The smallest absolute Gasteiger partial charge is 0.236 e. The largest absolute Gasteiger partial charge is 0.354 e. The molecule has 0 spiro atoms. The van der Waals surface area contributed by atoms with E-state index in [-0.39, 0.29) is 22.7 Å². The van der Waals surface area contributed by atoms with Crippen LogP contribution >= 0.6 is 15.9 Å². The van der Waals surface area contributed by atoms with Crippen LogP contribution in [0.25, 0.3) is 0 Å². The van der Waals surface area contributed by atoms with Gasteiger partial charge in [0.2, 0.25) is 11.8 Å². The van der Waals surface area contributed by atoms with Crippen molar-refractivity contribution in [3.05, 3.63) is 0 Å². The van der Waals surface area contributed by atoms with Gasteiger partial charge in [-0.25, -0.2) is 0 Å². The minimum Gasteiger partial charge on any atom is -0.354 e. The molecule has 1 aliphatic heterocycles. The van der Waals surface area contributed by atoms with Gasteiger partial charge in [-0.2, -0.15) is 0 Å². The van der Waals surface area contributed by atoms with E-state index in [1.165, 1.54) is 0 Å². The summed E-state index contributed by atoms with van der Waals surface area (Å²) in [6.07, 6.45) is 2.30. The van der Waals surface area contributed by atoms with E-state index in [0.717, 1.165) is 19.4 Å². The van der Waals surface area contributed by atoms with Crippen molar-refractivity contribution >= 4 is 27.7 Å². The van der Waals surface area contributed by atoms with Gasteiger partial charge in [-0.3, -0.25) is 9.59 Å². The Kier molecular flexibility index (Phi) is 5.25. The third kappa shape index (κ3) is 4.12. The summed E-state index contributed by atoms with van der Waals surface area (Å²) in [5.41, 5.74) is 0. The van der Waals surface area contributed by atoms with E-state index >= 15 is 0 Å². The molecule has 1 rings (SSSR count). The van der Waals surface area contributed by atoms with Crippen molar-refractivity contribution in [2.24, 2.45) is 0 Å². The van der Waals surface area contributed by atoms with Gasteiger partial charge in [0.05, 0.1) is 4.83 Å². The average Bonchev–Trinajstić information content (AvgIpc) is 2.19. The quantitative estimate of drug-likeness (QED) is 0.793. The zero-order valence-corrected chi connectivity index (χ0v) is 11.4. The van der Waals surface area contributed by atoms with Crippen LogP contribution in [-0.4, -0.2) is 40.7 Å². The number of piperidine rings is 1. The van der Waals surface area contributed by atoms with Gasteiger partial charge >= 0.3 is 0 Å². The molecule has 0 saturated carbocycles. The maximum Gasteiger partial charge on any atom is 0.236 e. The fourth-order valence-electron chi connectivity index (χ4n) is 1.75. The molecular weight excluding hydrogens is 272 g/mol. The first-order chi connectivity index (χ1) is 7.50. The van der Waals surface area contributed by atoms with Crippen molar-refractivity contribution in [2.75, 3.05) is 13.1 Å². The standard InChI is InChI=1S/C11H19BrN2O2/c1-8(2)13-10(15)5-7-14-6-3-4-9(12)11(14)16/h8-9H,3-7H2,1-2H3,(H,13,15). The zero-order valence-electron chi connectivity index (χ0n) is 9.83. The summed E-state index contributed by atoms with van der Waals surface area (Å²) in [6.45, 7) is 5.16. The summed E-state index contributed by atoms with van der Waals surface area (Å²) < 4.78 is 0. The van der Waals surface area contributed by atoms with Gasteiger partial charge in [0.25, 0.3) is 0 Å².